The zero-order valence-corrected chi connectivity index (χ0v) is 11.2. The number of hydrogen-bond acceptors (Lipinski definition) is 4. The van der Waals surface area contributed by atoms with Gasteiger partial charge in [-0.2, -0.15) is 4.98 Å². The molecule has 0 radical (unpaired) electrons. The zero-order chi connectivity index (χ0) is 12.1. The van der Waals surface area contributed by atoms with E-state index in [1.807, 2.05) is 12.1 Å². The van der Waals surface area contributed by atoms with E-state index < -0.39 is 0 Å². The molecule has 0 aliphatic heterocycles. The summed E-state index contributed by atoms with van der Waals surface area (Å²) in [5, 5.41) is 7.18. The topological polar surface area (TPSA) is 51.0 Å². The molecule has 2 rings (SSSR count). The van der Waals surface area contributed by atoms with E-state index in [4.69, 9.17) is 4.52 Å². The van der Waals surface area contributed by atoms with Gasteiger partial charge in [0, 0.05) is 30.9 Å². The second-order valence-corrected chi connectivity index (χ2v) is 4.70. The highest BCUT2D eigenvalue weighted by atomic mass is 79.9. The number of aromatic nitrogens is 2. The first-order valence-corrected chi connectivity index (χ1v) is 6.28. The second kappa shape index (κ2) is 5.93. The van der Waals surface area contributed by atoms with Gasteiger partial charge in [-0.15, -0.1) is 0 Å². The van der Waals surface area contributed by atoms with Gasteiger partial charge in [-0.3, -0.25) is 0 Å². The van der Waals surface area contributed by atoms with Crippen molar-refractivity contribution in [2.45, 2.75) is 19.9 Å². The fraction of sp³-hybridized carbons (Fsp3) is 0.333. The van der Waals surface area contributed by atoms with Gasteiger partial charge in [0.1, 0.15) is 0 Å². The van der Waals surface area contributed by atoms with E-state index in [1.54, 1.807) is 6.92 Å². The summed E-state index contributed by atoms with van der Waals surface area (Å²) in [4.78, 5) is 4.14. The monoisotopic (exact) mass is 295 g/mol. The quantitative estimate of drug-likeness (QED) is 0.861. The van der Waals surface area contributed by atoms with E-state index in [-0.39, 0.29) is 0 Å². The largest absolute Gasteiger partial charge is 0.340 e. The van der Waals surface area contributed by atoms with Crippen molar-refractivity contribution >= 4 is 15.9 Å². The lowest BCUT2D eigenvalue weighted by Crippen LogP contribution is -2.17. The summed E-state index contributed by atoms with van der Waals surface area (Å²) in [5.41, 5.74) is 1.25. The molecule has 0 aliphatic carbocycles. The number of aryl methyl sites for hydroxylation is 1. The Morgan fingerprint density at radius 2 is 2.29 bits per heavy atom. The predicted molar refractivity (Wildman–Crippen MR) is 68.6 cm³/mol. The molecule has 1 heterocycles. The average molecular weight is 296 g/mol. The molecule has 0 amide bonds. The number of benzene rings is 1. The van der Waals surface area contributed by atoms with E-state index in [2.05, 4.69) is 43.5 Å². The highest BCUT2D eigenvalue weighted by Gasteiger charge is 2.01. The Kier molecular flexibility index (Phi) is 4.28. The Labute approximate surface area is 109 Å². The Morgan fingerprint density at radius 3 is 3.00 bits per heavy atom. The van der Waals surface area contributed by atoms with Gasteiger partial charge in [-0.25, -0.2) is 0 Å². The third kappa shape index (κ3) is 3.94. The normalized spacial score (nSPS) is 10.7. The first-order chi connectivity index (χ1) is 8.24. The average Bonchev–Trinajstić information content (AvgIpc) is 2.71. The molecule has 0 atom stereocenters. The van der Waals surface area contributed by atoms with E-state index >= 15 is 0 Å². The number of hydrogen-bond donors (Lipinski definition) is 1. The first-order valence-electron chi connectivity index (χ1n) is 5.48. The SMILES string of the molecule is Cc1nc(CCNCc2cccc(Br)c2)no1. The van der Waals surface area contributed by atoms with Crippen LogP contribution in [0.15, 0.2) is 33.3 Å². The summed E-state index contributed by atoms with van der Waals surface area (Å²) in [5.74, 6) is 1.37. The van der Waals surface area contributed by atoms with Crippen molar-refractivity contribution in [3.63, 3.8) is 0 Å². The van der Waals surface area contributed by atoms with E-state index in [0.29, 0.717) is 5.89 Å². The number of nitrogens with one attached hydrogen (secondary N) is 1. The minimum absolute atomic E-state index is 0.618. The molecule has 1 aromatic carbocycles. The van der Waals surface area contributed by atoms with Gasteiger partial charge in [0.2, 0.25) is 5.89 Å². The Bertz CT molecular complexity index is 484. The highest BCUT2D eigenvalue weighted by Crippen LogP contribution is 2.11. The minimum Gasteiger partial charge on any atom is -0.340 e. The number of halogens is 1. The molecule has 0 spiro atoms. The molecule has 1 N–H and O–H groups in total. The molecule has 0 bridgehead atoms. The summed E-state index contributed by atoms with van der Waals surface area (Å²) in [6.45, 7) is 3.48. The van der Waals surface area contributed by atoms with Crippen LogP contribution in [0.2, 0.25) is 0 Å². The fourth-order valence-electron chi connectivity index (χ4n) is 1.52. The summed E-state index contributed by atoms with van der Waals surface area (Å²) < 4.78 is 6.00. The van der Waals surface area contributed by atoms with Gasteiger partial charge in [-0.05, 0) is 17.7 Å². The molecular weight excluding hydrogens is 282 g/mol. The van der Waals surface area contributed by atoms with E-state index in [0.717, 1.165) is 29.8 Å². The molecule has 0 unspecified atom stereocenters. The molecule has 90 valence electrons. The second-order valence-electron chi connectivity index (χ2n) is 3.79. The number of nitrogens with zero attached hydrogens (tertiary/aromatic N) is 2. The van der Waals surface area contributed by atoms with Crippen molar-refractivity contribution in [1.82, 2.24) is 15.5 Å². The molecule has 0 aliphatic rings. The maximum Gasteiger partial charge on any atom is 0.223 e. The van der Waals surface area contributed by atoms with Gasteiger partial charge in [0.05, 0.1) is 0 Å². The first kappa shape index (κ1) is 12.3. The standard InChI is InChI=1S/C12H14BrN3O/c1-9-15-12(16-17-9)5-6-14-8-10-3-2-4-11(13)7-10/h2-4,7,14H,5-6,8H2,1H3. The van der Waals surface area contributed by atoms with E-state index in [9.17, 15) is 0 Å². The van der Waals surface area contributed by atoms with Crippen molar-refractivity contribution in [2.75, 3.05) is 6.54 Å². The van der Waals surface area contributed by atoms with Crippen LogP contribution in [0.3, 0.4) is 0 Å². The Balaban J connectivity index is 1.73. The van der Waals surface area contributed by atoms with Crippen LogP contribution in [0.5, 0.6) is 0 Å². The molecule has 17 heavy (non-hydrogen) atoms. The highest BCUT2D eigenvalue weighted by molar-refractivity contribution is 9.10. The minimum atomic E-state index is 0.618. The molecule has 0 saturated heterocycles. The van der Waals surface area contributed by atoms with Crippen LogP contribution >= 0.6 is 15.9 Å². The maximum absolute atomic E-state index is 4.90. The van der Waals surface area contributed by atoms with Gasteiger partial charge < -0.3 is 9.84 Å². The van der Waals surface area contributed by atoms with Gasteiger partial charge in [-0.1, -0.05) is 33.2 Å². The molecule has 0 saturated carbocycles. The zero-order valence-electron chi connectivity index (χ0n) is 9.61. The van der Waals surface area contributed by atoms with Crippen LogP contribution in [0.1, 0.15) is 17.3 Å². The van der Waals surface area contributed by atoms with Crippen molar-refractivity contribution in [2.24, 2.45) is 0 Å². The van der Waals surface area contributed by atoms with Gasteiger partial charge in [0.25, 0.3) is 0 Å². The van der Waals surface area contributed by atoms with Crippen LogP contribution in [0.25, 0.3) is 0 Å². The third-order valence-corrected chi connectivity index (χ3v) is 2.81. The van der Waals surface area contributed by atoms with Crippen LogP contribution in [0.4, 0.5) is 0 Å². The lowest BCUT2D eigenvalue weighted by Gasteiger charge is -2.03. The van der Waals surface area contributed by atoms with Gasteiger partial charge in [0.15, 0.2) is 5.82 Å². The molecule has 2 aromatic rings. The van der Waals surface area contributed by atoms with Crippen molar-refractivity contribution in [3.05, 3.63) is 46.0 Å². The Morgan fingerprint density at radius 1 is 1.41 bits per heavy atom. The molecular formula is C12H14BrN3O. The molecule has 5 heteroatoms. The molecule has 4 nitrogen and oxygen atoms in total. The maximum atomic E-state index is 4.90. The van der Waals surface area contributed by atoms with Crippen LogP contribution in [-0.4, -0.2) is 16.7 Å². The summed E-state index contributed by atoms with van der Waals surface area (Å²) in [6, 6.07) is 8.25. The van der Waals surface area contributed by atoms with Crippen molar-refractivity contribution in [3.8, 4) is 0 Å². The fourth-order valence-corrected chi connectivity index (χ4v) is 1.97. The van der Waals surface area contributed by atoms with Crippen LogP contribution < -0.4 is 5.32 Å². The predicted octanol–water partition coefficient (Wildman–Crippen LogP) is 2.47. The van der Waals surface area contributed by atoms with Crippen LogP contribution in [0, 0.1) is 6.92 Å². The van der Waals surface area contributed by atoms with Crippen molar-refractivity contribution < 1.29 is 4.52 Å². The van der Waals surface area contributed by atoms with E-state index in [1.165, 1.54) is 5.56 Å². The lowest BCUT2D eigenvalue weighted by molar-refractivity contribution is 0.387. The number of rotatable bonds is 5. The Hall–Kier alpha value is -1.20. The molecule has 0 fully saturated rings. The summed E-state index contributed by atoms with van der Waals surface area (Å²) >= 11 is 3.45. The smallest absolute Gasteiger partial charge is 0.223 e. The summed E-state index contributed by atoms with van der Waals surface area (Å²) in [7, 11) is 0. The summed E-state index contributed by atoms with van der Waals surface area (Å²) in [6.07, 6.45) is 0.783. The molecule has 1 aromatic heterocycles. The van der Waals surface area contributed by atoms with Gasteiger partial charge >= 0.3 is 0 Å². The lowest BCUT2D eigenvalue weighted by atomic mass is 10.2. The van der Waals surface area contributed by atoms with Crippen LogP contribution in [-0.2, 0) is 13.0 Å². The third-order valence-electron chi connectivity index (χ3n) is 2.31. The van der Waals surface area contributed by atoms with Crippen molar-refractivity contribution in [1.29, 1.82) is 0 Å².